The number of thiol groups is 1. The minimum Gasteiger partial charge on any atom is -0.480 e. The molecule has 12 N–H and O–H groups in total. The van der Waals surface area contributed by atoms with Crippen molar-refractivity contribution in [2.24, 2.45) is 33.8 Å². The van der Waals surface area contributed by atoms with Crippen molar-refractivity contribution in [1.29, 1.82) is 0 Å². The van der Waals surface area contributed by atoms with Crippen LogP contribution in [0, 0.1) is 5.92 Å². The van der Waals surface area contributed by atoms with Gasteiger partial charge in [-0.3, -0.25) is 19.4 Å². The maximum atomic E-state index is 13.1. The molecule has 0 radical (unpaired) electrons. The largest absolute Gasteiger partial charge is 0.480 e. The standard InChI is InChI=1S/C21H42N8O5S/c1-3-12(2)16(20(33)34)29-19(32)14(7-4-5-9-22)28-18(31)15(8-6-10-26-21(24)25)27-17(30)13(23)11-35/h12-16,35H,3-11,22-23H2,1-2H3,(H,27,30)(H,28,31)(H,29,32)(H,33,34)(H4,24,25,26). The Kier molecular flexibility index (Phi) is 16.5. The van der Waals surface area contributed by atoms with Crippen molar-refractivity contribution in [3.63, 3.8) is 0 Å². The molecule has 0 aliphatic carbocycles. The summed E-state index contributed by atoms with van der Waals surface area (Å²) in [5, 5.41) is 17.3. The molecule has 0 aromatic rings. The molecule has 0 aliphatic heterocycles. The van der Waals surface area contributed by atoms with Gasteiger partial charge in [-0.15, -0.1) is 0 Å². The number of unbranched alkanes of at least 4 members (excludes halogenated alkanes) is 1. The van der Waals surface area contributed by atoms with Gasteiger partial charge in [0.15, 0.2) is 5.96 Å². The van der Waals surface area contributed by atoms with Gasteiger partial charge in [-0.1, -0.05) is 20.3 Å². The number of hydrogen-bond acceptors (Lipinski definition) is 8. The van der Waals surface area contributed by atoms with Crippen molar-refractivity contribution in [3.8, 4) is 0 Å². The average Bonchev–Trinajstić information content (AvgIpc) is 2.81. The molecule has 35 heavy (non-hydrogen) atoms. The first-order chi connectivity index (χ1) is 16.5. The first-order valence-corrected chi connectivity index (χ1v) is 12.4. The Balaban J connectivity index is 5.59. The Hall–Kier alpha value is -2.58. The molecule has 0 aromatic carbocycles. The van der Waals surface area contributed by atoms with E-state index < -0.39 is 47.9 Å². The zero-order chi connectivity index (χ0) is 27.0. The normalized spacial score (nSPS) is 15.1. The SMILES string of the molecule is CCC(C)C(NC(=O)C(CCCCN)NC(=O)C(CCCN=C(N)N)NC(=O)C(N)CS)C(=O)O. The number of rotatable bonds is 18. The lowest BCUT2D eigenvalue weighted by molar-refractivity contribution is -0.144. The summed E-state index contributed by atoms with van der Waals surface area (Å²) in [5.74, 6) is -3.32. The van der Waals surface area contributed by atoms with E-state index in [4.69, 9.17) is 22.9 Å². The summed E-state index contributed by atoms with van der Waals surface area (Å²) in [5.41, 5.74) is 21.9. The van der Waals surface area contributed by atoms with Gasteiger partial charge >= 0.3 is 5.97 Å². The van der Waals surface area contributed by atoms with Crippen LogP contribution in [0.4, 0.5) is 0 Å². The molecule has 5 atom stereocenters. The number of nitrogens with one attached hydrogen (secondary N) is 3. The number of guanidine groups is 1. The fourth-order valence-electron chi connectivity index (χ4n) is 3.10. The Labute approximate surface area is 212 Å². The molecule has 0 aliphatic rings. The highest BCUT2D eigenvalue weighted by Crippen LogP contribution is 2.10. The third-order valence-electron chi connectivity index (χ3n) is 5.47. The first kappa shape index (κ1) is 32.4. The van der Waals surface area contributed by atoms with E-state index in [1.54, 1.807) is 6.92 Å². The van der Waals surface area contributed by atoms with E-state index >= 15 is 0 Å². The molecule has 202 valence electrons. The topological polar surface area (TPSA) is 241 Å². The molecule has 3 amide bonds. The maximum absolute atomic E-state index is 13.1. The van der Waals surface area contributed by atoms with Gasteiger partial charge in [0.25, 0.3) is 0 Å². The number of carboxylic acids is 1. The van der Waals surface area contributed by atoms with Crippen molar-refractivity contribution < 1.29 is 24.3 Å². The summed E-state index contributed by atoms with van der Waals surface area (Å²) in [6.07, 6.45) is 2.47. The molecular formula is C21H42N8O5S. The van der Waals surface area contributed by atoms with Gasteiger partial charge in [-0.25, -0.2) is 4.79 Å². The zero-order valence-corrected chi connectivity index (χ0v) is 21.4. The summed E-state index contributed by atoms with van der Waals surface area (Å²) < 4.78 is 0. The van der Waals surface area contributed by atoms with Gasteiger partial charge in [0.05, 0.1) is 6.04 Å². The quantitative estimate of drug-likeness (QED) is 0.0421. The summed E-state index contributed by atoms with van der Waals surface area (Å²) >= 11 is 4.00. The Morgan fingerprint density at radius 3 is 1.97 bits per heavy atom. The predicted octanol–water partition coefficient (Wildman–Crippen LogP) is -1.99. The highest BCUT2D eigenvalue weighted by molar-refractivity contribution is 7.80. The number of carbonyl (C=O) groups excluding carboxylic acids is 3. The molecule has 0 saturated heterocycles. The van der Waals surface area contributed by atoms with E-state index in [1.807, 2.05) is 6.92 Å². The average molecular weight is 519 g/mol. The van der Waals surface area contributed by atoms with Crippen LogP contribution in [0.2, 0.25) is 0 Å². The molecule has 13 nitrogen and oxygen atoms in total. The Bertz CT molecular complexity index is 720. The monoisotopic (exact) mass is 518 g/mol. The summed E-state index contributed by atoms with van der Waals surface area (Å²) in [7, 11) is 0. The third-order valence-corrected chi connectivity index (χ3v) is 5.86. The summed E-state index contributed by atoms with van der Waals surface area (Å²) in [6, 6.07) is -4.07. The highest BCUT2D eigenvalue weighted by atomic mass is 32.1. The van der Waals surface area contributed by atoms with E-state index in [2.05, 4.69) is 33.6 Å². The lowest BCUT2D eigenvalue weighted by Crippen LogP contribution is -2.57. The van der Waals surface area contributed by atoms with Gasteiger partial charge in [-0.05, 0) is 44.6 Å². The second-order valence-corrected chi connectivity index (χ2v) is 8.72. The molecule has 14 heteroatoms. The van der Waals surface area contributed by atoms with Crippen molar-refractivity contribution in [2.45, 2.75) is 76.5 Å². The molecule has 0 saturated carbocycles. The van der Waals surface area contributed by atoms with Crippen molar-refractivity contribution in [3.05, 3.63) is 0 Å². The molecule has 5 unspecified atom stereocenters. The number of carbonyl (C=O) groups is 4. The lowest BCUT2D eigenvalue weighted by Gasteiger charge is -2.26. The van der Waals surface area contributed by atoms with Crippen LogP contribution in [0.1, 0.15) is 52.4 Å². The van der Waals surface area contributed by atoms with Crippen LogP contribution in [0.15, 0.2) is 4.99 Å². The Morgan fingerprint density at radius 2 is 1.49 bits per heavy atom. The number of aliphatic carboxylic acids is 1. The van der Waals surface area contributed by atoms with Crippen LogP contribution in [0.3, 0.4) is 0 Å². The fourth-order valence-corrected chi connectivity index (χ4v) is 3.27. The molecule has 0 aromatic heterocycles. The van der Waals surface area contributed by atoms with Gasteiger partial charge in [0, 0.05) is 12.3 Å². The first-order valence-electron chi connectivity index (χ1n) is 11.7. The van der Waals surface area contributed by atoms with E-state index in [0.29, 0.717) is 32.2 Å². The van der Waals surface area contributed by atoms with E-state index in [-0.39, 0.29) is 37.0 Å². The van der Waals surface area contributed by atoms with Gasteiger partial charge in [-0.2, -0.15) is 12.6 Å². The number of nitrogens with two attached hydrogens (primary N) is 4. The predicted molar refractivity (Wildman–Crippen MR) is 138 cm³/mol. The smallest absolute Gasteiger partial charge is 0.326 e. The van der Waals surface area contributed by atoms with Crippen molar-refractivity contribution in [1.82, 2.24) is 16.0 Å². The van der Waals surface area contributed by atoms with Crippen molar-refractivity contribution in [2.75, 3.05) is 18.8 Å². The zero-order valence-electron chi connectivity index (χ0n) is 20.5. The molecule has 0 heterocycles. The van der Waals surface area contributed by atoms with Gasteiger partial charge < -0.3 is 44.0 Å². The molecule has 0 bridgehead atoms. The minimum absolute atomic E-state index is 0.0739. The van der Waals surface area contributed by atoms with Crippen LogP contribution in [0.5, 0.6) is 0 Å². The second kappa shape index (κ2) is 17.8. The van der Waals surface area contributed by atoms with E-state index in [0.717, 1.165) is 0 Å². The lowest BCUT2D eigenvalue weighted by atomic mass is 9.98. The van der Waals surface area contributed by atoms with Crippen LogP contribution in [-0.4, -0.2) is 77.8 Å². The van der Waals surface area contributed by atoms with Crippen LogP contribution < -0.4 is 38.9 Å². The fraction of sp³-hybridized carbons (Fsp3) is 0.762. The summed E-state index contributed by atoms with van der Waals surface area (Å²) in [4.78, 5) is 53.8. The van der Waals surface area contributed by atoms with Crippen LogP contribution in [-0.2, 0) is 19.2 Å². The minimum atomic E-state index is -1.16. The van der Waals surface area contributed by atoms with E-state index in [1.165, 1.54) is 0 Å². The van der Waals surface area contributed by atoms with Gasteiger partial charge in [0.1, 0.15) is 18.1 Å². The van der Waals surface area contributed by atoms with Crippen molar-refractivity contribution >= 4 is 42.3 Å². The third kappa shape index (κ3) is 13.2. The highest BCUT2D eigenvalue weighted by Gasteiger charge is 2.31. The molecule has 0 spiro atoms. The molecular weight excluding hydrogens is 476 g/mol. The van der Waals surface area contributed by atoms with Crippen LogP contribution in [0.25, 0.3) is 0 Å². The van der Waals surface area contributed by atoms with Crippen LogP contribution >= 0.6 is 12.6 Å². The molecule has 0 rings (SSSR count). The second-order valence-electron chi connectivity index (χ2n) is 8.35. The number of carboxylic acid groups (broad SMARTS) is 1. The number of aliphatic imine (C=N–C) groups is 1. The number of hydrogen-bond donors (Lipinski definition) is 9. The number of amides is 3. The van der Waals surface area contributed by atoms with E-state index in [9.17, 15) is 24.3 Å². The van der Waals surface area contributed by atoms with Gasteiger partial charge in [0.2, 0.25) is 17.7 Å². The maximum Gasteiger partial charge on any atom is 0.326 e. The summed E-state index contributed by atoms with van der Waals surface area (Å²) in [6.45, 7) is 4.17. The number of nitrogens with zero attached hydrogens (tertiary/aromatic N) is 1. The Morgan fingerprint density at radius 1 is 0.943 bits per heavy atom. The molecule has 0 fully saturated rings.